The van der Waals surface area contributed by atoms with Crippen LogP contribution in [-0.4, -0.2) is 43.3 Å². The molecule has 0 aliphatic carbocycles. The summed E-state index contributed by atoms with van der Waals surface area (Å²) in [7, 11) is 0. The molecular weight excluding hydrogens is 592 g/mol. The van der Waals surface area contributed by atoms with E-state index in [4.69, 9.17) is 4.74 Å². The monoisotopic (exact) mass is 622 g/mol. The first-order valence-corrected chi connectivity index (χ1v) is 12.5. The number of hydrogen-bond donors (Lipinski definition) is 2. The van der Waals surface area contributed by atoms with Crippen molar-refractivity contribution in [1.29, 1.82) is 0 Å². The van der Waals surface area contributed by atoms with Gasteiger partial charge in [0.1, 0.15) is 13.2 Å². The normalized spacial score (nSPS) is 14.6. The molecule has 6 nitrogen and oxygen atoms in total. The Hall–Kier alpha value is -1.91. The van der Waals surface area contributed by atoms with Crippen LogP contribution < -0.4 is 53.7 Å². The van der Waals surface area contributed by atoms with Crippen molar-refractivity contribution in [3.63, 3.8) is 0 Å². The van der Waals surface area contributed by atoms with E-state index in [1.165, 1.54) is 33.2 Å². The Morgan fingerprint density at radius 3 is 1.60 bits per heavy atom. The topological polar surface area (TPSA) is 72.5 Å². The molecule has 0 spiro atoms. The average Bonchev–Trinajstić information content (AvgIpc) is 2.84. The number of ether oxygens (including phenoxy) is 1. The molecular formula is C26H32Br2N4O2S. The Bertz CT molecular complexity index is 1140. The number of pyridine rings is 2. The summed E-state index contributed by atoms with van der Waals surface area (Å²) in [5.41, 5.74) is 4.88. The second kappa shape index (κ2) is 14.6. The van der Waals surface area contributed by atoms with Crippen molar-refractivity contribution in [3.05, 3.63) is 73.1 Å². The predicted molar refractivity (Wildman–Crippen MR) is 137 cm³/mol. The molecule has 2 aliphatic rings. The van der Waals surface area contributed by atoms with E-state index in [0.717, 1.165) is 37.7 Å². The number of anilines is 2. The molecule has 2 aliphatic heterocycles. The highest BCUT2D eigenvalue weighted by Gasteiger charge is 2.14. The zero-order valence-electron chi connectivity index (χ0n) is 19.6. The summed E-state index contributed by atoms with van der Waals surface area (Å²) in [6.45, 7) is 4.97. The van der Waals surface area contributed by atoms with Gasteiger partial charge in [0, 0.05) is 48.9 Å². The number of para-hydroxylation sites is 2. The maximum absolute atomic E-state index is 6.05. The van der Waals surface area contributed by atoms with Gasteiger partial charge in [-0.1, -0.05) is 24.3 Å². The largest absolute Gasteiger partial charge is 1.00 e. The minimum atomic E-state index is 0. The molecule has 9 heteroatoms. The third-order valence-electron chi connectivity index (χ3n) is 5.93. The summed E-state index contributed by atoms with van der Waals surface area (Å²) in [5.74, 6) is 2.16. The van der Waals surface area contributed by atoms with E-state index in [0.29, 0.717) is 13.2 Å². The molecule has 6 rings (SSSR count). The molecule has 188 valence electrons. The Morgan fingerprint density at radius 2 is 1.11 bits per heavy atom. The fourth-order valence-electron chi connectivity index (χ4n) is 4.32. The first kappa shape index (κ1) is 29.3. The maximum Gasteiger partial charge on any atom is 0.214 e. The highest BCUT2D eigenvalue weighted by atomic mass is 79.9. The van der Waals surface area contributed by atoms with Crippen LogP contribution in [0.5, 0.6) is 0 Å². The Kier molecular flexibility index (Phi) is 12.2. The van der Waals surface area contributed by atoms with Crippen LogP contribution in [0.25, 0.3) is 21.8 Å². The van der Waals surface area contributed by atoms with Gasteiger partial charge in [-0.25, -0.2) is 0 Å². The molecule has 0 saturated heterocycles. The van der Waals surface area contributed by atoms with Crippen LogP contribution in [0.15, 0.2) is 73.1 Å². The maximum atomic E-state index is 6.05. The molecule has 2 aromatic heterocycles. The van der Waals surface area contributed by atoms with Crippen molar-refractivity contribution in [2.75, 3.05) is 48.4 Å². The summed E-state index contributed by atoms with van der Waals surface area (Å²) >= 11 is 1.98. The summed E-state index contributed by atoms with van der Waals surface area (Å²) in [4.78, 5) is 0. The van der Waals surface area contributed by atoms with Gasteiger partial charge in [-0.05, 0) is 12.1 Å². The lowest BCUT2D eigenvalue weighted by atomic mass is 10.1. The standard InChI is InChI=1S/C26H28N4OS.2BrH.H2O/c1-3-7-25-21(5-1)23-9-13-29(25)15-17-31-18-16-30-14-10-24(22-6-2-4-8-26(22)30)28-12-20-32-19-11-27-23;;;/h1-10,13-14H,11-12,15-20H2;2*1H;1H2. The zero-order chi connectivity index (χ0) is 21.6. The summed E-state index contributed by atoms with van der Waals surface area (Å²) in [6.07, 6.45) is 4.34. The second-order valence-electron chi connectivity index (χ2n) is 7.96. The number of hydrogen-bond acceptors (Lipinski definition) is 4. The summed E-state index contributed by atoms with van der Waals surface area (Å²) in [5, 5.41) is 9.79. The van der Waals surface area contributed by atoms with Gasteiger partial charge in [-0.2, -0.15) is 20.9 Å². The van der Waals surface area contributed by atoms with Crippen molar-refractivity contribution < 1.29 is 53.3 Å². The third-order valence-corrected chi connectivity index (χ3v) is 6.91. The molecule has 4 aromatic rings. The van der Waals surface area contributed by atoms with Gasteiger partial charge in [-0.15, -0.1) is 0 Å². The number of rotatable bonds is 0. The predicted octanol–water partition coefficient (Wildman–Crippen LogP) is -2.96. The first-order chi connectivity index (χ1) is 15.9. The lowest BCUT2D eigenvalue weighted by Crippen LogP contribution is -3.00. The van der Waals surface area contributed by atoms with Crippen LogP contribution in [0.3, 0.4) is 0 Å². The van der Waals surface area contributed by atoms with Gasteiger partial charge >= 0.3 is 0 Å². The Morgan fingerprint density at radius 1 is 0.657 bits per heavy atom. The minimum Gasteiger partial charge on any atom is -1.00 e. The number of benzene rings is 2. The van der Waals surface area contributed by atoms with E-state index in [1.54, 1.807) is 0 Å². The number of aromatic nitrogens is 2. The minimum absolute atomic E-state index is 0. The Balaban J connectivity index is 0.00000144. The number of nitrogens with one attached hydrogen (secondary N) is 2. The molecule has 0 atom stereocenters. The van der Waals surface area contributed by atoms with Crippen LogP contribution in [0.4, 0.5) is 11.4 Å². The highest BCUT2D eigenvalue weighted by Crippen LogP contribution is 2.21. The van der Waals surface area contributed by atoms with E-state index in [-0.39, 0.29) is 39.4 Å². The van der Waals surface area contributed by atoms with Gasteiger partial charge in [0.15, 0.2) is 25.5 Å². The lowest BCUT2D eigenvalue weighted by Gasteiger charge is -2.12. The van der Waals surface area contributed by atoms with Crippen molar-refractivity contribution >= 4 is 44.9 Å². The average molecular weight is 624 g/mol. The van der Waals surface area contributed by atoms with Crippen molar-refractivity contribution in [3.8, 4) is 0 Å². The molecule has 35 heavy (non-hydrogen) atoms. The van der Waals surface area contributed by atoms with Crippen LogP contribution >= 0.6 is 11.8 Å². The number of thioether (sulfide) groups is 1. The highest BCUT2D eigenvalue weighted by molar-refractivity contribution is 7.99. The van der Waals surface area contributed by atoms with Crippen LogP contribution in [-0.2, 0) is 17.8 Å². The molecule has 2 aromatic carbocycles. The first-order valence-electron chi connectivity index (χ1n) is 11.4. The van der Waals surface area contributed by atoms with E-state index in [2.05, 4.69) is 92.8 Å². The van der Waals surface area contributed by atoms with Crippen molar-refractivity contribution in [1.82, 2.24) is 0 Å². The molecule has 4 heterocycles. The van der Waals surface area contributed by atoms with Crippen LogP contribution in [0, 0.1) is 0 Å². The van der Waals surface area contributed by atoms with Gasteiger partial charge in [0.05, 0.1) is 22.1 Å². The van der Waals surface area contributed by atoms with Crippen molar-refractivity contribution in [2.24, 2.45) is 0 Å². The molecule has 0 unspecified atom stereocenters. The summed E-state index contributed by atoms with van der Waals surface area (Å²) in [6, 6.07) is 21.6. The van der Waals surface area contributed by atoms with E-state index >= 15 is 0 Å². The number of nitrogens with zero attached hydrogens (tertiary/aromatic N) is 2. The van der Waals surface area contributed by atoms with Gasteiger partial charge in [0.2, 0.25) is 11.0 Å². The Labute approximate surface area is 231 Å². The SMILES string of the molecule is O.[Br-].[Br-].c1ccc2c(c1)c1cc[n+]2CCOCC[n+]2ccc(c3ccccc32)NCCSCCN1. The quantitative estimate of drug-likeness (QED) is 0.206. The van der Waals surface area contributed by atoms with Gasteiger partial charge < -0.3 is 54.8 Å². The van der Waals surface area contributed by atoms with Crippen LogP contribution in [0.2, 0.25) is 0 Å². The molecule has 0 fully saturated rings. The molecule has 0 radical (unpaired) electrons. The number of fused-ring (bicyclic) bond motifs is 12. The fourth-order valence-corrected chi connectivity index (χ4v) is 5.01. The molecule has 4 N–H and O–H groups in total. The smallest absolute Gasteiger partial charge is 0.214 e. The molecule has 0 saturated carbocycles. The van der Waals surface area contributed by atoms with Crippen molar-refractivity contribution in [2.45, 2.75) is 13.1 Å². The summed E-state index contributed by atoms with van der Waals surface area (Å²) < 4.78 is 10.6. The zero-order valence-corrected chi connectivity index (χ0v) is 23.5. The van der Waals surface area contributed by atoms with Gasteiger partial charge in [-0.3, -0.25) is 0 Å². The van der Waals surface area contributed by atoms with Gasteiger partial charge in [0.25, 0.3) is 0 Å². The third kappa shape index (κ3) is 7.07. The molecule has 0 amide bonds. The second-order valence-corrected chi connectivity index (χ2v) is 9.18. The van der Waals surface area contributed by atoms with E-state index in [9.17, 15) is 0 Å². The lowest BCUT2D eigenvalue weighted by molar-refractivity contribution is -0.680. The van der Waals surface area contributed by atoms with Crippen LogP contribution in [0.1, 0.15) is 0 Å². The fraction of sp³-hybridized carbons (Fsp3) is 0.308. The van der Waals surface area contributed by atoms with E-state index in [1.807, 2.05) is 11.8 Å². The number of halogens is 2. The molecule has 4 bridgehead atoms. The van der Waals surface area contributed by atoms with E-state index < -0.39 is 0 Å².